The normalized spacial score (nSPS) is 12.7. The minimum atomic E-state index is 0.110. The average Bonchev–Trinajstić information content (AvgIpc) is 2.75. The molecule has 1 nitrogen and oxygen atoms in total. The minimum absolute atomic E-state index is 0.110. The van der Waals surface area contributed by atoms with Gasteiger partial charge in [0.15, 0.2) is 0 Å². The van der Waals surface area contributed by atoms with Gasteiger partial charge in [-0.25, -0.2) is 0 Å². The first-order valence-corrected chi connectivity index (χ1v) is 8.41. The monoisotopic (exact) mass is 327 g/mol. The van der Waals surface area contributed by atoms with E-state index < -0.39 is 0 Å². The SMILES string of the molecule is CCCNC(c1ccc(C)c(Cl)c1)c1scc(C)c1Cl. The van der Waals surface area contributed by atoms with Crippen molar-refractivity contribution in [1.82, 2.24) is 5.32 Å². The number of nitrogens with one attached hydrogen (secondary N) is 1. The van der Waals surface area contributed by atoms with Crippen molar-refractivity contribution in [2.24, 2.45) is 0 Å². The minimum Gasteiger partial charge on any atom is -0.306 e. The molecule has 0 saturated heterocycles. The van der Waals surface area contributed by atoms with Crippen molar-refractivity contribution in [3.8, 4) is 0 Å². The molecule has 1 heterocycles. The largest absolute Gasteiger partial charge is 0.306 e. The second-order valence-electron chi connectivity index (χ2n) is 4.99. The van der Waals surface area contributed by atoms with Crippen LogP contribution in [0.5, 0.6) is 0 Å². The standard InChI is InChI=1S/C16H19Cl2NS/c1-4-7-19-15(16-14(18)11(3)9-20-16)12-6-5-10(2)13(17)8-12/h5-6,8-9,15,19H,4,7H2,1-3H3. The maximum absolute atomic E-state index is 6.44. The van der Waals surface area contributed by atoms with Crippen LogP contribution in [0.2, 0.25) is 10.0 Å². The van der Waals surface area contributed by atoms with E-state index >= 15 is 0 Å². The smallest absolute Gasteiger partial charge is 0.0686 e. The molecule has 0 radical (unpaired) electrons. The van der Waals surface area contributed by atoms with E-state index in [4.69, 9.17) is 23.2 Å². The maximum Gasteiger partial charge on any atom is 0.0686 e. The Morgan fingerprint density at radius 2 is 1.95 bits per heavy atom. The fraction of sp³-hybridized carbons (Fsp3) is 0.375. The van der Waals surface area contributed by atoms with Gasteiger partial charge < -0.3 is 5.32 Å². The number of hydrogen-bond donors (Lipinski definition) is 1. The molecule has 0 amide bonds. The van der Waals surface area contributed by atoms with Crippen molar-refractivity contribution >= 4 is 34.5 Å². The molecule has 0 aliphatic heterocycles. The molecule has 0 aliphatic carbocycles. The highest BCUT2D eigenvalue weighted by molar-refractivity contribution is 7.10. The molecule has 1 atom stereocenters. The zero-order chi connectivity index (χ0) is 14.7. The van der Waals surface area contributed by atoms with Crippen molar-refractivity contribution in [2.75, 3.05) is 6.54 Å². The summed E-state index contributed by atoms with van der Waals surface area (Å²) in [5, 5.41) is 7.34. The third-order valence-corrected chi connectivity index (χ3v) is 5.50. The Morgan fingerprint density at radius 1 is 1.20 bits per heavy atom. The Hall–Kier alpha value is -0.540. The molecular formula is C16H19Cl2NS. The van der Waals surface area contributed by atoms with E-state index in [1.807, 2.05) is 19.9 Å². The van der Waals surface area contributed by atoms with Gasteiger partial charge in [0.1, 0.15) is 0 Å². The summed E-state index contributed by atoms with van der Waals surface area (Å²) in [5.74, 6) is 0. The first kappa shape index (κ1) is 15.8. The molecule has 2 rings (SSSR count). The van der Waals surface area contributed by atoms with Gasteiger partial charge >= 0.3 is 0 Å². The van der Waals surface area contributed by atoms with Gasteiger partial charge in [0.05, 0.1) is 11.1 Å². The predicted octanol–water partition coefficient (Wildman–Crippen LogP) is 5.76. The fourth-order valence-corrected chi connectivity index (χ4v) is 3.68. The van der Waals surface area contributed by atoms with E-state index in [-0.39, 0.29) is 6.04 Å². The van der Waals surface area contributed by atoms with Crippen molar-refractivity contribution in [1.29, 1.82) is 0 Å². The van der Waals surface area contributed by atoms with E-state index in [1.54, 1.807) is 11.3 Å². The van der Waals surface area contributed by atoms with Crippen LogP contribution in [0, 0.1) is 13.8 Å². The second kappa shape index (κ2) is 6.95. The Balaban J connectivity index is 2.41. The molecular weight excluding hydrogens is 309 g/mol. The lowest BCUT2D eigenvalue weighted by Gasteiger charge is -2.19. The number of benzene rings is 1. The van der Waals surface area contributed by atoms with Crippen LogP contribution in [0.15, 0.2) is 23.6 Å². The highest BCUT2D eigenvalue weighted by atomic mass is 35.5. The third-order valence-electron chi connectivity index (χ3n) is 3.32. The van der Waals surface area contributed by atoms with Gasteiger partial charge in [0, 0.05) is 9.90 Å². The van der Waals surface area contributed by atoms with Gasteiger partial charge in [-0.2, -0.15) is 0 Å². The zero-order valence-corrected chi connectivity index (χ0v) is 14.3. The molecule has 1 aromatic carbocycles. The maximum atomic E-state index is 6.44. The fourth-order valence-electron chi connectivity index (χ4n) is 2.08. The summed E-state index contributed by atoms with van der Waals surface area (Å²) >= 11 is 14.4. The molecule has 20 heavy (non-hydrogen) atoms. The van der Waals surface area contributed by atoms with Crippen molar-refractivity contribution in [2.45, 2.75) is 33.2 Å². The molecule has 0 bridgehead atoms. The van der Waals surface area contributed by atoms with Gasteiger partial charge in [0.25, 0.3) is 0 Å². The number of thiophene rings is 1. The summed E-state index contributed by atoms with van der Waals surface area (Å²) in [4.78, 5) is 1.16. The van der Waals surface area contributed by atoms with E-state index in [2.05, 4.69) is 29.8 Å². The van der Waals surface area contributed by atoms with Crippen LogP contribution >= 0.6 is 34.5 Å². The van der Waals surface area contributed by atoms with E-state index in [0.29, 0.717) is 0 Å². The van der Waals surface area contributed by atoms with Crippen molar-refractivity contribution in [3.05, 3.63) is 55.2 Å². The van der Waals surface area contributed by atoms with Gasteiger partial charge in [0.2, 0.25) is 0 Å². The summed E-state index contributed by atoms with van der Waals surface area (Å²) in [5.41, 5.74) is 3.39. The number of hydrogen-bond acceptors (Lipinski definition) is 2. The zero-order valence-electron chi connectivity index (χ0n) is 12.0. The van der Waals surface area contributed by atoms with Crippen LogP contribution in [-0.4, -0.2) is 6.54 Å². The highest BCUT2D eigenvalue weighted by Gasteiger charge is 2.20. The number of aryl methyl sites for hydroxylation is 2. The molecule has 4 heteroatoms. The molecule has 1 unspecified atom stereocenters. The molecule has 0 spiro atoms. The Morgan fingerprint density at radius 3 is 2.50 bits per heavy atom. The molecule has 1 aromatic heterocycles. The van der Waals surface area contributed by atoms with Crippen LogP contribution in [0.1, 0.15) is 41.0 Å². The van der Waals surface area contributed by atoms with Crippen LogP contribution < -0.4 is 5.32 Å². The summed E-state index contributed by atoms with van der Waals surface area (Å²) in [6, 6.07) is 6.33. The summed E-state index contributed by atoms with van der Waals surface area (Å²) in [7, 11) is 0. The Kier molecular flexibility index (Phi) is 5.50. The summed E-state index contributed by atoms with van der Waals surface area (Å²) in [6.07, 6.45) is 1.08. The molecule has 0 fully saturated rings. The third kappa shape index (κ3) is 3.37. The van der Waals surface area contributed by atoms with E-state index in [0.717, 1.165) is 44.6 Å². The first-order valence-electron chi connectivity index (χ1n) is 6.77. The molecule has 0 aliphatic rings. The van der Waals surface area contributed by atoms with Gasteiger partial charge in [-0.15, -0.1) is 11.3 Å². The summed E-state index contributed by atoms with van der Waals surface area (Å²) < 4.78 is 0. The molecule has 108 valence electrons. The second-order valence-corrected chi connectivity index (χ2v) is 6.69. The molecule has 2 aromatic rings. The van der Waals surface area contributed by atoms with Crippen LogP contribution in [0.3, 0.4) is 0 Å². The lowest BCUT2D eigenvalue weighted by molar-refractivity contribution is 0.606. The lowest BCUT2D eigenvalue weighted by Crippen LogP contribution is -2.22. The summed E-state index contributed by atoms with van der Waals surface area (Å²) in [6.45, 7) is 7.17. The van der Waals surface area contributed by atoms with Crippen LogP contribution in [0.4, 0.5) is 0 Å². The average molecular weight is 328 g/mol. The number of halogens is 2. The topological polar surface area (TPSA) is 12.0 Å². The highest BCUT2D eigenvalue weighted by Crippen LogP contribution is 2.36. The molecule has 0 saturated carbocycles. The van der Waals surface area contributed by atoms with Crippen LogP contribution in [0.25, 0.3) is 0 Å². The predicted molar refractivity (Wildman–Crippen MR) is 90.4 cm³/mol. The van der Waals surface area contributed by atoms with E-state index in [9.17, 15) is 0 Å². The quantitative estimate of drug-likeness (QED) is 0.736. The van der Waals surface area contributed by atoms with Crippen LogP contribution in [-0.2, 0) is 0 Å². The lowest BCUT2D eigenvalue weighted by atomic mass is 10.0. The first-order chi connectivity index (χ1) is 9.54. The molecule has 1 N–H and O–H groups in total. The Bertz CT molecular complexity index is 592. The van der Waals surface area contributed by atoms with Gasteiger partial charge in [-0.05, 0) is 54.9 Å². The van der Waals surface area contributed by atoms with Crippen molar-refractivity contribution < 1.29 is 0 Å². The van der Waals surface area contributed by atoms with Crippen molar-refractivity contribution in [3.63, 3.8) is 0 Å². The Labute approximate surface area is 134 Å². The number of rotatable bonds is 5. The van der Waals surface area contributed by atoms with Gasteiger partial charge in [-0.1, -0.05) is 42.3 Å². The van der Waals surface area contributed by atoms with E-state index in [1.165, 1.54) is 0 Å². The van der Waals surface area contributed by atoms with Gasteiger partial charge in [-0.3, -0.25) is 0 Å².